The molecule has 1 unspecified atom stereocenters. The van der Waals surface area contributed by atoms with Gasteiger partial charge in [-0.25, -0.2) is 4.79 Å². The van der Waals surface area contributed by atoms with Crippen LogP contribution < -0.4 is 5.09 Å². The molecular weight excluding hydrogens is 185 g/mol. The Morgan fingerprint density at radius 1 is 1.42 bits per heavy atom. The number of nitrogens with one attached hydrogen (secondary N) is 1. The van der Waals surface area contributed by atoms with Gasteiger partial charge in [-0.05, 0) is 0 Å². The van der Waals surface area contributed by atoms with Gasteiger partial charge in [-0.1, -0.05) is 0 Å². The number of Topliss-reactive ketones (excluding diaryl/α,β-unsaturated/α-hetero) is 1. The fraction of sp³-hybridized carbons (Fsp3) is 0.600. The third-order valence-electron chi connectivity index (χ3n) is 1.06. The lowest BCUT2D eigenvalue weighted by atomic mass is 10.3. The molecule has 0 spiro atoms. The van der Waals surface area contributed by atoms with E-state index in [1.54, 1.807) is 0 Å². The van der Waals surface area contributed by atoms with Crippen molar-refractivity contribution in [1.82, 2.24) is 5.09 Å². The van der Waals surface area contributed by atoms with Crippen molar-refractivity contribution in [1.29, 1.82) is 0 Å². The highest BCUT2D eigenvalue weighted by Gasteiger charge is 2.10. The second-order valence-corrected chi connectivity index (χ2v) is 3.50. The molecule has 6 nitrogen and oxygen atoms in total. The molecule has 1 atom stereocenters. The highest BCUT2D eigenvalue weighted by molar-refractivity contribution is 7.42. The molecule has 0 aromatic carbocycles. The summed E-state index contributed by atoms with van der Waals surface area (Å²) in [6, 6.07) is 0. The van der Waals surface area contributed by atoms with Gasteiger partial charge < -0.3 is 14.8 Å². The van der Waals surface area contributed by atoms with Gasteiger partial charge in [0.15, 0.2) is 7.95 Å². The van der Waals surface area contributed by atoms with Gasteiger partial charge in [0.2, 0.25) is 5.78 Å². The summed E-state index contributed by atoms with van der Waals surface area (Å²) >= 11 is 0. The minimum absolute atomic E-state index is 0.0174. The van der Waals surface area contributed by atoms with Crippen LogP contribution in [-0.2, 0) is 14.2 Å². The van der Waals surface area contributed by atoms with Crippen LogP contribution in [0.1, 0.15) is 6.42 Å². The minimum atomic E-state index is -2.24. The average Bonchev–Trinajstić information content (AvgIpc) is 2.03. The van der Waals surface area contributed by atoms with Crippen molar-refractivity contribution in [2.75, 3.05) is 12.9 Å². The molecule has 0 saturated carbocycles. The van der Waals surface area contributed by atoms with Crippen molar-refractivity contribution in [2.24, 2.45) is 0 Å². The van der Waals surface area contributed by atoms with E-state index in [1.165, 1.54) is 0 Å². The molecule has 7 heteroatoms. The summed E-state index contributed by atoms with van der Waals surface area (Å²) in [7, 11) is -2.24. The zero-order chi connectivity index (χ0) is 9.56. The highest BCUT2D eigenvalue weighted by Crippen LogP contribution is 2.09. The lowest BCUT2D eigenvalue weighted by Crippen LogP contribution is -2.18. The average molecular weight is 195 g/mol. The summed E-state index contributed by atoms with van der Waals surface area (Å²) in [6.07, 6.45) is -0.697. The third-order valence-corrected chi connectivity index (χ3v) is 1.99. The van der Waals surface area contributed by atoms with E-state index < -0.39 is 26.1 Å². The molecule has 0 radical (unpaired) electrons. The predicted octanol–water partition coefficient (Wildman–Crippen LogP) is -0.956. The van der Waals surface area contributed by atoms with Crippen molar-refractivity contribution in [3.8, 4) is 0 Å². The Morgan fingerprint density at radius 3 is 2.42 bits per heavy atom. The second-order valence-electron chi connectivity index (χ2n) is 1.99. The zero-order valence-corrected chi connectivity index (χ0v) is 7.24. The maximum absolute atomic E-state index is 10.5. The van der Waals surface area contributed by atoms with Gasteiger partial charge in [-0.2, -0.15) is 0 Å². The van der Waals surface area contributed by atoms with Crippen molar-refractivity contribution >= 4 is 19.7 Å². The van der Waals surface area contributed by atoms with Gasteiger partial charge in [-0.15, -0.1) is 0 Å². The number of carboxylic acid groups (broad SMARTS) is 1. The van der Waals surface area contributed by atoms with Crippen molar-refractivity contribution in [3.05, 3.63) is 0 Å². The highest BCUT2D eigenvalue weighted by atomic mass is 31.1. The van der Waals surface area contributed by atoms with Crippen LogP contribution in [0.25, 0.3) is 0 Å². The standard InChI is InChI=1S/C5H10NO5P/c7-3-12(11)6-2-1-4(8)5(9)10/h7,12H,1-3H2,(H,6,11)(H,9,10). The second kappa shape index (κ2) is 5.88. The Labute approximate surface area is 69.4 Å². The van der Waals surface area contributed by atoms with Crippen LogP contribution in [0.4, 0.5) is 0 Å². The summed E-state index contributed by atoms with van der Waals surface area (Å²) in [5.74, 6) is -2.43. The quantitative estimate of drug-likeness (QED) is 0.372. The van der Waals surface area contributed by atoms with Crippen molar-refractivity contribution < 1.29 is 24.4 Å². The number of carbonyl (C=O) groups excluding carboxylic acids is 1. The summed E-state index contributed by atoms with van der Waals surface area (Å²) < 4.78 is 10.5. The first-order chi connectivity index (χ1) is 5.57. The number of rotatable bonds is 6. The van der Waals surface area contributed by atoms with Gasteiger partial charge in [0.1, 0.15) is 6.35 Å². The summed E-state index contributed by atoms with van der Waals surface area (Å²) in [5.41, 5.74) is 0. The number of carboxylic acids is 1. The van der Waals surface area contributed by atoms with Crippen LogP contribution in [0.3, 0.4) is 0 Å². The number of aliphatic hydroxyl groups is 1. The number of carbonyl (C=O) groups is 2. The van der Waals surface area contributed by atoms with E-state index >= 15 is 0 Å². The summed E-state index contributed by atoms with van der Waals surface area (Å²) in [6.45, 7) is 0.0174. The topological polar surface area (TPSA) is 104 Å². The normalized spacial score (nSPS) is 12.4. The van der Waals surface area contributed by atoms with Gasteiger partial charge in [0, 0.05) is 13.0 Å². The first kappa shape index (κ1) is 11.3. The third kappa shape index (κ3) is 5.01. The Balaban J connectivity index is 3.50. The molecule has 70 valence electrons. The van der Waals surface area contributed by atoms with Crippen LogP contribution in [0, 0.1) is 0 Å². The Kier molecular flexibility index (Phi) is 5.53. The first-order valence-electron chi connectivity index (χ1n) is 3.21. The molecule has 0 aliphatic carbocycles. The van der Waals surface area contributed by atoms with E-state index in [4.69, 9.17) is 10.2 Å². The number of aliphatic hydroxyl groups excluding tert-OH is 1. The molecule has 0 aromatic heterocycles. The maximum Gasteiger partial charge on any atom is 0.372 e. The molecule has 12 heavy (non-hydrogen) atoms. The van der Waals surface area contributed by atoms with E-state index in [2.05, 4.69) is 5.09 Å². The molecule has 0 fully saturated rings. The van der Waals surface area contributed by atoms with Gasteiger partial charge in [-0.3, -0.25) is 9.88 Å². The molecule has 0 aliphatic rings. The fourth-order valence-electron chi connectivity index (χ4n) is 0.478. The molecule has 0 heterocycles. The maximum atomic E-state index is 10.5. The van der Waals surface area contributed by atoms with Crippen molar-refractivity contribution in [3.63, 3.8) is 0 Å². The molecule has 3 N–H and O–H groups in total. The molecule has 0 amide bonds. The zero-order valence-electron chi connectivity index (χ0n) is 6.24. The van der Waals surface area contributed by atoms with E-state index in [9.17, 15) is 14.2 Å². The summed E-state index contributed by atoms with van der Waals surface area (Å²) in [4.78, 5) is 20.4. The Hall–Kier alpha value is -0.710. The van der Waals surface area contributed by atoms with Crippen LogP contribution in [0.15, 0.2) is 0 Å². The van der Waals surface area contributed by atoms with Crippen LogP contribution in [-0.4, -0.2) is 34.9 Å². The molecule has 0 aliphatic heterocycles. The number of ketones is 1. The van der Waals surface area contributed by atoms with Gasteiger partial charge in [0.25, 0.3) is 0 Å². The largest absolute Gasteiger partial charge is 0.476 e. The lowest BCUT2D eigenvalue weighted by Gasteiger charge is -1.98. The molecule has 0 saturated heterocycles. The van der Waals surface area contributed by atoms with Crippen molar-refractivity contribution in [2.45, 2.75) is 6.42 Å². The molecule has 0 bridgehead atoms. The first-order valence-corrected chi connectivity index (χ1v) is 4.83. The summed E-state index contributed by atoms with van der Waals surface area (Å²) in [5, 5.41) is 18.7. The Morgan fingerprint density at radius 2 is 2.00 bits per heavy atom. The predicted molar refractivity (Wildman–Crippen MR) is 41.3 cm³/mol. The van der Waals surface area contributed by atoms with E-state index in [-0.39, 0.29) is 13.0 Å². The SMILES string of the molecule is O=C(O)C(=O)CCN[PH](=O)CO. The number of hydrogen-bond acceptors (Lipinski definition) is 4. The monoisotopic (exact) mass is 195 g/mol. The Bertz CT molecular complexity index is 204. The van der Waals surface area contributed by atoms with E-state index in [0.717, 1.165) is 0 Å². The smallest absolute Gasteiger partial charge is 0.372 e. The van der Waals surface area contributed by atoms with Crippen LogP contribution >= 0.6 is 7.95 Å². The van der Waals surface area contributed by atoms with Gasteiger partial charge >= 0.3 is 5.97 Å². The van der Waals surface area contributed by atoms with E-state index in [0.29, 0.717) is 0 Å². The fourth-order valence-corrected chi connectivity index (χ4v) is 0.994. The van der Waals surface area contributed by atoms with Crippen LogP contribution in [0.2, 0.25) is 0 Å². The number of aliphatic carboxylic acids is 1. The molecular formula is C5H10NO5P. The van der Waals surface area contributed by atoms with E-state index in [1.807, 2.05) is 0 Å². The molecule has 0 rings (SSSR count). The van der Waals surface area contributed by atoms with Gasteiger partial charge in [0.05, 0.1) is 0 Å². The van der Waals surface area contributed by atoms with Crippen LogP contribution in [0.5, 0.6) is 0 Å². The minimum Gasteiger partial charge on any atom is -0.476 e. The molecule has 0 aromatic rings. The lowest BCUT2D eigenvalue weighted by molar-refractivity contribution is -0.149. The number of hydrogen-bond donors (Lipinski definition) is 3.